The molecule has 11 rings (SSSR count). The Morgan fingerprint density at radius 2 is 0.614 bits per heavy atom. The van der Waals surface area contributed by atoms with Gasteiger partial charge in [0.1, 0.15) is 10.0 Å². The van der Waals surface area contributed by atoms with E-state index >= 15 is 0 Å². The molecule has 0 atom stereocenters. The van der Waals surface area contributed by atoms with Gasteiger partial charge in [-0.25, -0.2) is 0 Å². The highest BCUT2D eigenvalue weighted by molar-refractivity contribution is 7.17. The van der Waals surface area contributed by atoms with Gasteiger partial charge >= 0.3 is 0 Å². The third-order valence-electron chi connectivity index (χ3n) is 11.4. The number of para-hydroxylation sites is 4. The van der Waals surface area contributed by atoms with Crippen LogP contribution in [0.15, 0.2) is 206 Å². The van der Waals surface area contributed by atoms with Crippen molar-refractivity contribution >= 4 is 91.7 Å². The summed E-state index contributed by atoms with van der Waals surface area (Å²) in [5, 5.41) is 11.1. The predicted molar refractivity (Wildman–Crippen MR) is 242 cm³/mol. The maximum Gasteiger partial charge on any atom is 0.246 e. The lowest BCUT2D eigenvalue weighted by atomic mass is 9.35. The molecule has 0 radical (unpaired) electrons. The van der Waals surface area contributed by atoms with E-state index in [0.29, 0.717) is 0 Å². The highest BCUT2D eigenvalue weighted by Crippen LogP contribution is 2.39. The first kappa shape index (κ1) is 33.4. The molecule has 2 aliphatic rings. The molecule has 0 aliphatic carbocycles. The van der Waals surface area contributed by atoms with Gasteiger partial charge in [-0.05, 0) is 94.6 Å². The van der Waals surface area contributed by atoms with Crippen LogP contribution in [0.5, 0.6) is 0 Å². The Kier molecular flexibility index (Phi) is 8.18. The molecule has 8 aromatic carbocycles. The standard InChI is InChI=1S/C50H34B2N4S/c1-3-15-37(16-4-1)51-41-19-7-11-23-45(41)55(46-24-12-8-20-42(46)51)39-31-27-35(28-32-39)49-53-54-50(57-49)36-29-33-40(34-30-36)56-47-25-13-9-21-43(47)52(38-17-5-2-6-18-38)44-22-10-14-26-48(44)56/h1-34H. The fraction of sp³-hybridized carbons (Fsp3) is 0. The molecule has 0 unspecified atom stereocenters. The second-order valence-corrected chi connectivity index (χ2v) is 15.6. The first-order valence-corrected chi connectivity index (χ1v) is 20.2. The van der Waals surface area contributed by atoms with Crippen LogP contribution in [-0.4, -0.2) is 23.6 Å². The zero-order chi connectivity index (χ0) is 37.7. The molecule has 7 heteroatoms. The Hall–Kier alpha value is -6.95. The largest absolute Gasteiger partial charge is 0.312 e. The minimum atomic E-state index is 0.168. The molecule has 3 heterocycles. The minimum absolute atomic E-state index is 0.168. The average molecular weight is 745 g/mol. The number of rotatable bonds is 6. The van der Waals surface area contributed by atoms with Crippen LogP contribution in [0.2, 0.25) is 0 Å². The summed E-state index contributed by atoms with van der Waals surface area (Å²) in [7, 11) is 0. The van der Waals surface area contributed by atoms with E-state index < -0.39 is 0 Å². The van der Waals surface area contributed by atoms with Crippen LogP contribution in [0.4, 0.5) is 34.1 Å². The third kappa shape index (κ3) is 5.70. The lowest BCUT2D eigenvalue weighted by Crippen LogP contribution is -2.57. The summed E-state index contributed by atoms with van der Waals surface area (Å²) in [6.07, 6.45) is 0. The second kappa shape index (κ2) is 14.0. The Morgan fingerprint density at radius 3 is 0.947 bits per heavy atom. The van der Waals surface area contributed by atoms with E-state index in [1.807, 2.05) is 0 Å². The van der Waals surface area contributed by atoms with Crippen molar-refractivity contribution in [3.8, 4) is 21.1 Å². The number of hydrogen-bond donors (Lipinski definition) is 0. The highest BCUT2D eigenvalue weighted by atomic mass is 32.1. The van der Waals surface area contributed by atoms with E-state index in [9.17, 15) is 0 Å². The van der Waals surface area contributed by atoms with Gasteiger partial charge in [0.05, 0.1) is 0 Å². The summed E-state index contributed by atoms with van der Waals surface area (Å²) in [6, 6.07) is 74.3. The van der Waals surface area contributed by atoms with E-state index in [0.717, 1.165) is 32.5 Å². The molecule has 0 fully saturated rings. The molecule has 266 valence electrons. The van der Waals surface area contributed by atoms with Crippen LogP contribution < -0.4 is 42.6 Å². The van der Waals surface area contributed by atoms with Gasteiger partial charge in [0.2, 0.25) is 13.4 Å². The van der Waals surface area contributed by atoms with Gasteiger partial charge in [-0.1, -0.05) is 156 Å². The summed E-state index contributed by atoms with van der Waals surface area (Å²) in [4.78, 5) is 4.78. The summed E-state index contributed by atoms with van der Waals surface area (Å²) in [5.41, 5.74) is 16.9. The summed E-state index contributed by atoms with van der Waals surface area (Å²) >= 11 is 1.62. The number of fused-ring (bicyclic) bond motifs is 4. The van der Waals surface area contributed by atoms with E-state index in [2.05, 4.69) is 226 Å². The molecule has 0 N–H and O–H groups in total. The number of hydrogen-bond acceptors (Lipinski definition) is 5. The Morgan fingerprint density at radius 1 is 0.316 bits per heavy atom. The van der Waals surface area contributed by atoms with E-state index in [1.54, 1.807) is 11.3 Å². The van der Waals surface area contributed by atoms with Gasteiger partial charge in [-0.3, -0.25) is 0 Å². The highest BCUT2D eigenvalue weighted by Gasteiger charge is 2.36. The van der Waals surface area contributed by atoms with Crippen molar-refractivity contribution in [2.45, 2.75) is 0 Å². The van der Waals surface area contributed by atoms with E-state index in [-0.39, 0.29) is 13.4 Å². The van der Waals surface area contributed by atoms with Gasteiger partial charge < -0.3 is 9.80 Å². The molecule has 1 aromatic heterocycles. The number of anilines is 6. The molecule has 4 nitrogen and oxygen atoms in total. The first-order chi connectivity index (χ1) is 28.3. The first-order valence-electron chi connectivity index (χ1n) is 19.4. The molecule has 0 saturated heterocycles. The maximum atomic E-state index is 4.67. The summed E-state index contributed by atoms with van der Waals surface area (Å²) in [5.74, 6) is 0. The molecule has 0 bridgehead atoms. The van der Waals surface area contributed by atoms with Gasteiger partial charge in [0, 0.05) is 45.3 Å². The smallest absolute Gasteiger partial charge is 0.246 e. The van der Waals surface area contributed by atoms with Crippen LogP contribution in [0.3, 0.4) is 0 Å². The summed E-state index contributed by atoms with van der Waals surface area (Å²) in [6.45, 7) is 0.336. The Labute approximate surface area is 337 Å². The van der Waals surface area contributed by atoms with Crippen molar-refractivity contribution in [3.63, 3.8) is 0 Å². The molecule has 0 amide bonds. The molecular weight excluding hydrogens is 710 g/mol. The zero-order valence-electron chi connectivity index (χ0n) is 31.0. The van der Waals surface area contributed by atoms with Crippen LogP contribution in [0.1, 0.15) is 0 Å². The monoisotopic (exact) mass is 744 g/mol. The fourth-order valence-electron chi connectivity index (χ4n) is 8.86. The number of aromatic nitrogens is 2. The van der Waals surface area contributed by atoms with Crippen molar-refractivity contribution < 1.29 is 0 Å². The molecule has 9 aromatic rings. The quantitative estimate of drug-likeness (QED) is 0.160. The maximum absolute atomic E-state index is 4.67. The van der Waals surface area contributed by atoms with Crippen LogP contribution >= 0.6 is 11.3 Å². The zero-order valence-corrected chi connectivity index (χ0v) is 31.8. The van der Waals surface area contributed by atoms with E-state index in [1.165, 1.54) is 55.5 Å². The number of benzene rings is 8. The average Bonchev–Trinajstić information content (AvgIpc) is 3.79. The molecule has 0 saturated carbocycles. The van der Waals surface area contributed by atoms with Crippen molar-refractivity contribution in [1.29, 1.82) is 0 Å². The topological polar surface area (TPSA) is 32.3 Å². The minimum Gasteiger partial charge on any atom is -0.312 e. The van der Waals surface area contributed by atoms with Crippen LogP contribution in [0, 0.1) is 0 Å². The third-order valence-corrected chi connectivity index (χ3v) is 12.4. The van der Waals surface area contributed by atoms with Crippen molar-refractivity contribution in [2.24, 2.45) is 0 Å². The normalized spacial score (nSPS) is 12.8. The molecule has 2 aliphatic heterocycles. The van der Waals surface area contributed by atoms with Crippen LogP contribution in [0.25, 0.3) is 21.1 Å². The van der Waals surface area contributed by atoms with Crippen molar-refractivity contribution in [3.05, 3.63) is 206 Å². The lowest BCUT2D eigenvalue weighted by Gasteiger charge is -2.37. The fourth-order valence-corrected chi connectivity index (χ4v) is 9.72. The molecule has 0 spiro atoms. The molecule has 57 heavy (non-hydrogen) atoms. The van der Waals surface area contributed by atoms with Crippen molar-refractivity contribution in [2.75, 3.05) is 9.80 Å². The Bertz CT molecular complexity index is 2590. The van der Waals surface area contributed by atoms with Gasteiger partial charge in [0.15, 0.2) is 0 Å². The lowest BCUT2D eigenvalue weighted by molar-refractivity contribution is 1.10. The van der Waals surface area contributed by atoms with Crippen molar-refractivity contribution in [1.82, 2.24) is 10.2 Å². The SMILES string of the molecule is c1ccc(B2c3ccccc3N(c3ccc(-c4nnc(-c5ccc(N6c7ccccc7B(c7ccccc7)c7ccccc76)cc5)s4)cc3)c3ccccc32)cc1. The Balaban J connectivity index is 0.889. The van der Waals surface area contributed by atoms with Crippen LogP contribution in [-0.2, 0) is 0 Å². The predicted octanol–water partition coefficient (Wildman–Crippen LogP) is 8.47. The van der Waals surface area contributed by atoms with E-state index in [4.69, 9.17) is 0 Å². The van der Waals surface area contributed by atoms with Gasteiger partial charge in [-0.15, -0.1) is 10.2 Å². The van der Waals surface area contributed by atoms with Gasteiger partial charge in [0.25, 0.3) is 0 Å². The number of nitrogens with zero attached hydrogens (tertiary/aromatic N) is 4. The molecular formula is C50H34B2N4S. The second-order valence-electron chi connectivity index (χ2n) is 14.6. The summed E-state index contributed by atoms with van der Waals surface area (Å²) < 4.78 is 0. The van der Waals surface area contributed by atoms with Gasteiger partial charge in [-0.2, -0.15) is 0 Å².